The van der Waals surface area contributed by atoms with Gasteiger partial charge < -0.3 is 10.2 Å². The molecule has 7 rings (SSSR count). The van der Waals surface area contributed by atoms with Gasteiger partial charge in [-0.25, -0.2) is 0 Å². The zero-order valence-electron chi connectivity index (χ0n) is 25.2. The van der Waals surface area contributed by atoms with Crippen LogP contribution in [0.1, 0.15) is 140 Å². The van der Waals surface area contributed by atoms with E-state index in [0.29, 0.717) is 41.1 Å². The lowest BCUT2D eigenvalue weighted by molar-refractivity contribution is 0.291. The molecule has 41 heavy (non-hydrogen) atoms. The molecule has 2 N–H and O–H groups in total. The Hall–Kier alpha value is -2.74. The molecule has 3 aromatic carbocycles. The molecular formula is C39H48O2. The molecule has 4 aliphatic rings. The third kappa shape index (κ3) is 4.61. The zero-order valence-corrected chi connectivity index (χ0v) is 25.2. The van der Waals surface area contributed by atoms with Crippen LogP contribution >= 0.6 is 0 Å². The smallest absolute Gasteiger partial charge is 0.121 e. The first-order valence-electron chi connectivity index (χ1n) is 16.7. The number of phenolic OH excluding ortho intramolecular Hbond substituents is 2. The van der Waals surface area contributed by atoms with Crippen LogP contribution < -0.4 is 0 Å². The van der Waals surface area contributed by atoms with E-state index in [2.05, 4.69) is 68.4 Å². The second kappa shape index (κ2) is 10.8. The fourth-order valence-electron chi connectivity index (χ4n) is 10.0. The highest BCUT2D eigenvalue weighted by Crippen LogP contribution is 2.65. The minimum atomic E-state index is -0.0704. The summed E-state index contributed by atoms with van der Waals surface area (Å²) in [4.78, 5) is 0. The lowest BCUT2D eigenvalue weighted by Gasteiger charge is -2.43. The maximum atomic E-state index is 11.4. The van der Waals surface area contributed by atoms with Gasteiger partial charge >= 0.3 is 0 Å². The van der Waals surface area contributed by atoms with E-state index in [0.717, 1.165) is 12.0 Å². The molecule has 2 bridgehead atoms. The van der Waals surface area contributed by atoms with Gasteiger partial charge in [0.2, 0.25) is 0 Å². The second-order valence-corrected chi connectivity index (χ2v) is 14.2. The normalized spacial score (nSPS) is 28.8. The van der Waals surface area contributed by atoms with Gasteiger partial charge in [0.1, 0.15) is 11.5 Å². The van der Waals surface area contributed by atoms with Crippen LogP contribution in [0.25, 0.3) is 0 Å². The van der Waals surface area contributed by atoms with Gasteiger partial charge in [-0.2, -0.15) is 0 Å². The summed E-state index contributed by atoms with van der Waals surface area (Å²) in [5, 5.41) is 22.6. The van der Waals surface area contributed by atoms with E-state index in [1.54, 1.807) is 0 Å². The molecule has 0 heterocycles. The van der Waals surface area contributed by atoms with Gasteiger partial charge in [0.05, 0.1) is 0 Å². The van der Waals surface area contributed by atoms with Crippen molar-refractivity contribution in [3.63, 3.8) is 0 Å². The zero-order chi connectivity index (χ0) is 28.1. The van der Waals surface area contributed by atoms with Crippen LogP contribution in [0.2, 0.25) is 0 Å². The standard InChI is InChI=1S/C39H48O2/c1-25-19-37(40)34(28-14-8-4-9-15-28)23-36(25)39(24-30-20-32(39)21-33(30)27-12-6-3-7-13-27)31-18-26(2)38(41)35(22-31)29-16-10-5-11-17-29/h3,6-7,12-13,18-19,22-23,28-30,32-33,40-41H,4-5,8-11,14-17,20-21,24H2,1-2H3. The molecular weight excluding hydrogens is 500 g/mol. The van der Waals surface area contributed by atoms with Crippen molar-refractivity contribution in [2.24, 2.45) is 11.8 Å². The van der Waals surface area contributed by atoms with Crippen molar-refractivity contribution in [2.45, 2.75) is 120 Å². The van der Waals surface area contributed by atoms with Crippen LogP contribution in [0, 0.1) is 25.7 Å². The van der Waals surface area contributed by atoms with Crippen molar-refractivity contribution >= 4 is 0 Å². The number of hydrogen-bond acceptors (Lipinski definition) is 2. The fourth-order valence-corrected chi connectivity index (χ4v) is 10.0. The molecule has 4 fully saturated rings. The molecule has 4 saturated carbocycles. The Morgan fingerprint density at radius 1 is 0.683 bits per heavy atom. The summed E-state index contributed by atoms with van der Waals surface area (Å²) >= 11 is 0. The largest absolute Gasteiger partial charge is 0.508 e. The SMILES string of the molecule is Cc1cc(O)c(C2CCCCC2)cc1C1(c2cc(C)c(O)c(C3CCCCC3)c2)CC2CC1CC2c1ccccc1. The van der Waals surface area contributed by atoms with Gasteiger partial charge in [-0.3, -0.25) is 0 Å². The minimum absolute atomic E-state index is 0.0704. The van der Waals surface area contributed by atoms with Gasteiger partial charge in [0.25, 0.3) is 0 Å². The van der Waals surface area contributed by atoms with E-state index >= 15 is 0 Å². The predicted octanol–water partition coefficient (Wildman–Crippen LogP) is 10.3. The summed E-state index contributed by atoms with van der Waals surface area (Å²) in [7, 11) is 0. The van der Waals surface area contributed by atoms with E-state index in [1.807, 2.05) is 0 Å². The van der Waals surface area contributed by atoms with Crippen LogP contribution in [0.5, 0.6) is 11.5 Å². The molecule has 4 unspecified atom stereocenters. The average Bonchev–Trinajstić information content (AvgIpc) is 3.60. The van der Waals surface area contributed by atoms with Gasteiger partial charge in [-0.05, 0) is 133 Å². The molecule has 0 amide bonds. The first-order chi connectivity index (χ1) is 20.0. The summed E-state index contributed by atoms with van der Waals surface area (Å²) in [6.07, 6.45) is 16.1. The Labute approximate surface area is 247 Å². The summed E-state index contributed by atoms with van der Waals surface area (Å²) < 4.78 is 0. The first-order valence-corrected chi connectivity index (χ1v) is 16.7. The highest BCUT2D eigenvalue weighted by Gasteiger charge is 2.57. The van der Waals surface area contributed by atoms with Crippen molar-refractivity contribution in [3.05, 3.63) is 93.5 Å². The summed E-state index contributed by atoms with van der Waals surface area (Å²) in [5.74, 6) is 3.81. The predicted molar refractivity (Wildman–Crippen MR) is 168 cm³/mol. The number of benzene rings is 3. The van der Waals surface area contributed by atoms with E-state index in [1.165, 1.54) is 110 Å². The molecule has 3 aromatic rings. The molecule has 0 aliphatic heterocycles. The highest BCUT2D eigenvalue weighted by molar-refractivity contribution is 5.56. The molecule has 0 spiro atoms. The van der Waals surface area contributed by atoms with Crippen molar-refractivity contribution in [2.75, 3.05) is 0 Å². The molecule has 2 nitrogen and oxygen atoms in total. The maximum Gasteiger partial charge on any atom is 0.121 e. The van der Waals surface area contributed by atoms with E-state index < -0.39 is 0 Å². The van der Waals surface area contributed by atoms with Crippen LogP contribution in [0.3, 0.4) is 0 Å². The summed E-state index contributed by atoms with van der Waals surface area (Å²) in [6.45, 7) is 4.35. The Bertz CT molecular complexity index is 1390. The number of phenols is 2. The fraction of sp³-hybridized carbons (Fsp3) is 0.538. The highest BCUT2D eigenvalue weighted by atomic mass is 16.3. The first kappa shape index (κ1) is 27.1. The number of rotatable bonds is 5. The van der Waals surface area contributed by atoms with Crippen LogP contribution in [-0.2, 0) is 5.41 Å². The topological polar surface area (TPSA) is 40.5 Å². The Kier molecular flexibility index (Phi) is 7.16. The summed E-state index contributed by atoms with van der Waals surface area (Å²) in [6, 6.07) is 20.6. The van der Waals surface area contributed by atoms with Gasteiger partial charge in [0, 0.05) is 5.41 Å². The van der Waals surface area contributed by atoms with Crippen molar-refractivity contribution < 1.29 is 10.2 Å². The third-order valence-corrected chi connectivity index (χ3v) is 12.0. The minimum Gasteiger partial charge on any atom is -0.508 e. The van der Waals surface area contributed by atoms with E-state index in [4.69, 9.17) is 0 Å². The molecule has 0 aromatic heterocycles. The Balaban J connectivity index is 1.38. The lowest BCUT2D eigenvalue weighted by atomic mass is 9.60. The third-order valence-electron chi connectivity index (χ3n) is 12.0. The monoisotopic (exact) mass is 548 g/mol. The molecule has 2 heteroatoms. The lowest BCUT2D eigenvalue weighted by Crippen LogP contribution is -2.37. The van der Waals surface area contributed by atoms with Crippen molar-refractivity contribution in [1.29, 1.82) is 0 Å². The molecule has 0 saturated heterocycles. The quantitative estimate of drug-likeness (QED) is 0.333. The Morgan fingerprint density at radius 3 is 1.98 bits per heavy atom. The number of aryl methyl sites for hydroxylation is 2. The van der Waals surface area contributed by atoms with Gasteiger partial charge in [-0.1, -0.05) is 87.1 Å². The van der Waals surface area contributed by atoms with Crippen LogP contribution in [0.15, 0.2) is 54.6 Å². The number of aromatic hydroxyl groups is 2. The van der Waals surface area contributed by atoms with Crippen LogP contribution in [0.4, 0.5) is 0 Å². The summed E-state index contributed by atoms with van der Waals surface area (Å²) in [5.41, 5.74) is 8.97. The molecule has 0 radical (unpaired) electrons. The van der Waals surface area contributed by atoms with E-state index in [-0.39, 0.29) is 5.41 Å². The second-order valence-electron chi connectivity index (χ2n) is 14.2. The van der Waals surface area contributed by atoms with Crippen LogP contribution in [-0.4, -0.2) is 10.2 Å². The molecule has 4 atom stereocenters. The maximum absolute atomic E-state index is 11.4. The van der Waals surface area contributed by atoms with Crippen molar-refractivity contribution in [1.82, 2.24) is 0 Å². The number of hydrogen-bond donors (Lipinski definition) is 2. The van der Waals surface area contributed by atoms with Gasteiger partial charge in [0.15, 0.2) is 0 Å². The average molecular weight is 549 g/mol. The van der Waals surface area contributed by atoms with Crippen molar-refractivity contribution in [3.8, 4) is 11.5 Å². The Morgan fingerprint density at radius 2 is 1.34 bits per heavy atom. The van der Waals surface area contributed by atoms with Gasteiger partial charge in [-0.15, -0.1) is 0 Å². The molecule has 4 aliphatic carbocycles. The molecule has 216 valence electrons. The number of fused-ring (bicyclic) bond motifs is 2. The van der Waals surface area contributed by atoms with E-state index in [9.17, 15) is 10.2 Å².